The summed E-state index contributed by atoms with van der Waals surface area (Å²) in [7, 11) is 0. The third-order valence-electron chi connectivity index (χ3n) is 1.51. The molecule has 1 aliphatic heterocycles. The Balaban J connectivity index is 2.27. The topological polar surface area (TPSA) is 42.4 Å². The van der Waals surface area contributed by atoms with E-state index in [1.807, 2.05) is 5.38 Å². The molecule has 1 aromatic heterocycles. The molecule has 1 saturated heterocycles. The number of thiazole rings is 1. The van der Waals surface area contributed by atoms with Gasteiger partial charge in [-0.3, -0.25) is 0 Å². The second-order valence-corrected chi connectivity index (χ2v) is 3.26. The van der Waals surface area contributed by atoms with Crippen molar-refractivity contribution in [2.75, 3.05) is 13.2 Å². The first-order valence-corrected chi connectivity index (χ1v) is 3.89. The van der Waals surface area contributed by atoms with E-state index in [-0.39, 0.29) is 0 Å². The molecule has 3 nitrogen and oxygen atoms in total. The van der Waals surface area contributed by atoms with Crippen LogP contribution < -0.4 is 0 Å². The van der Waals surface area contributed by atoms with Crippen LogP contribution in [0.15, 0.2) is 11.6 Å². The van der Waals surface area contributed by atoms with Crippen LogP contribution in [0.2, 0.25) is 0 Å². The van der Waals surface area contributed by atoms with Crippen LogP contribution >= 0.6 is 11.3 Å². The van der Waals surface area contributed by atoms with Crippen LogP contribution in [-0.2, 0) is 10.3 Å². The lowest BCUT2D eigenvalue weighted by Crippen LogP contribution is -2.46. The molecule has 0 spiro atoms. The van der Waals surface area contributed by atoms with Gasteiger partial charge >= 0.3 is 0 Å². The molecule has 10 heavy (non-hydrogen) atoms. The van der Waals surface area contributed by atoms with Crippen molar-refractivity contribution in [3.05, 3.63) is 16.6 Å². The summed E-state index contributed by atoms with van der Waals surface area (Å²) >= 11 is 1.46. The van der Waals surface area contributed by atoms with Gasteiger partial charge in [-0.1, -0.05) is 0 Å². The van der Waals surface area contributed by atoms with E-state index in [2.05, 4.69) is 4.98 Å². The van der Waals surface area contributed by atoms with Crippen LogP contribution in [0.3, 0.4) is 0 Å². The Labute approximate surface area is 62.3 Å². The highest BCUT2D eigenvalue weighted by molar-refractivity contribution is 7.09. The predicted octanol–water partition coefficient (Wildman–Crippen LogP) is 0.361. The molecular weight excluding hydrogens is 150 g/mol. The normalized spacial score (nSPS) is 22.1. The van der Waals surface area contributed by atoms with Gasteiger partial charge in [0.05, 0.1) is 13.2 Å². The van der Waals surface area contributed by atoms with Crippen molar-refractivity contribution in [2.24, 2.45) is 0 Å². The first-order chi connectivity index (χ1) is 4.81. The predicted molar refractivity (Wildman–Crippen MR) is 36.8 cm³/mol. The zero-order chi connectivity index (χ0) is 7.03. The standard InChI is InChI=1S/C6H7NO2S/c8-6(3-9-4-6)5-7-1-2-10-5/h1-2,8H,3-4H2. The fourth-order valence-electron chi connectivity index (χ4n) is 0.872. The van der Waals surface area contributed by atoms with Gasteiger partial charge in [0.15, 0.2) is 5.60 Å². The van der Waals surface area contributed by atoms with E-state index in [0.29, 0.717) is 13.2 Å². The summed E-state index contributed by atoms with van der Waals surface area (Å²) in [6.45, 7) is 0.779. The summed E-state index contributed by atoms with van der Waals surface area (Å²) in [5, 5.41) is 12.2. The summed E-state index contributed by atoms with van der Waals surface area (Å²) in [6.07, 6.45) is 1.69. The van der Waals surface area contributed by atoms with Crippen LogP contribution in [-0.4, -0.2) is 23.3 Å². The van der Waals surface area contributed by atoms with E-state index >= 15 is 0 Å². The first-order valence-electron chi connectivity index (χ1n) is 3.01. The second kappa shape index (κ2) is 2.02. The molecule has 0 amide bonds. The number of ether oxygens (including phenoxy) is 1. The SMILES string of the molecule is OC1(c2nccs2)COC1. The average Bonchev–Trinajstić information content (AvgIpc) is 2.33. The number of hydrogen-bond donors (Lipinski definition) is 1. The fraction of sp³-hybridized carbons (Fsp3) is 0.500. The number of rotatable bonds is 1. The Morgan fingerprint density at radius 2 is 2.50 bits per heavy atom. The van der Waals surface area contributed by atoms with Crippen molar-refractivity contribution in [1.82, 2.24) is 4.98 Å². The summed E-state index contributed by atoms with van der Waals surface area (Å²) in [5.41, 5.74) is -0.770. The Morgan fingerprint density at radius 1 is 1.70 bits per heavy atom. The average molecular weight is 157 g/mol. The molecule has 1 fully saturated rings. The molecule has 0 aliphatic carbocycles. The maximum atomic E-state index is 9.59. The first kappa shape index (κ1) is 6.27. The van der Waals surface area contributed by atoms with Gasteiger partial charge < -0.3 is 9.84 Å². The molecule has 1 aliphatic rings. The summed E-state index contributed by atoms with van der Waals surface area (Å²) in [4.78, 5) is 4.00. The molecule has 0 saturated carbocycles. The largest absolute Gasteiger partial charge is 0.378 e. The highest BCUT2D eigenvalue weighted by Gasteiger charge is 2.40. The molecule has 2 heterocycles. The molecule has 0 atom stereocenters. The van der Waals surface area contributed by atoms with E-state index in [1.165, 1.54) is 11.3 Å². The summed E-state index contributed by atoms with van der Waals surface area (Å²) < 4.78 is 4.88. The molecule has 1 N–H and O–H groups in total. The second-order valence-electron chi connectivity index (χ2n) is 2.36. The van der Waals surface area contributed by atoms with Crippen molar-refractivity contribution in [3.8, 4) is 0 Å². The minimum absolute atomic E-state index is 0.389. The van der Waals surface area contributed by atoms with Crippen LogP contribution in [0.25, 0.3) is 0 Å². The number of nitrogens with zero attached hydrogens (tertiary/aromatic N) is 1. The summed E-state index contributed by atoms with van der Waals surface area (Å²) in [5.74, 6) is 0. The third-order valence-corrected chi connectivity index (χ3v) is 2.48. The fourth-order valence-corrected chi connectivity index (χ4v) is 1.58. The molecule has 0 radical (unpaired) electrons. The van der Waals surface area contributed by atoms with E-state index in [0.717, 1.165) is 5.01 Å². The summed E-state index contributed by atoms with van der Waals surface area (Å²) in [6, 6.07) is 0. The lowest BCUT2D eigenvalue weighted by Gasteiger charge is -2.34. The van der Waals surface area contributed by atoms with E-state index in [9.17, 15) is 5.11 Å². The van der Waals surface area contributed by atoms with Gasteiger partial charge in [0.2, 0.25) is 0 Å². The maximum absolute atomic E-state index is 9.59. The minimum Gasteiger partial charge on any atom is -0.378 e. The molecular formula is C6H7NO2S. The molecule has 4 heteroatoms. The van der Waals surface area contributed by atoms with Crippen LogP contribution in [0, 0.1) is 0 Å². The molecule has 0 unspecified atom stereocenters. The van der Waals surface area contributed by atoms with Crippen LogP contribution in [0.4, 0.5) is 0 Å². The monoisotopic (exact) mass is 157 g/mol. The van der Waals surface area contributed by atoms with Crippen molar-refractivity contribution >= 4 is 11.3 Å². The van der Waals surface area contributed by atoms with Crippen molar-refractivity contribution in [2.45, 2.75) is 5.60 Å². The molecule has 1 aromatic rings. The zero-order valence-corrected chi connectivity index (χ0v) is 6.10. The lowest BCUT2D eigenvalue weighted by atomic mass is 10.0. The van der Waals surface area contributed by atoms with E-state index < -0.39 is 5.60 Å². The number of hydrogen-bond acceptors (Lipinski definition) is 4. The highest BCUT2D eigenvalue weighted by Crippen LogP contribution is 2.30. The number of aromatic nitrogens is 1. The van der Waals surface area contributed by atoms with Crippen molar-refractivity contribution < 1.29 is 9.84 Å². The lowest BCUT2D eigenvalue weighted by molar-refractivity contribution is -0.184. The zero-order valence-electron chi connectivity index (χ0n) is 5.28. The van der Waals surface area contributed by atoms with Gasteiger partial charge in [0, 0.05) is 11.6 Å². The van der Waals surface area contributed by atoms with Gasteiger partial charge in [-0.05, 0) is 0 Å². The number of aliphatic hydroxyl groups is 1. The Morgan fingerprint density at radius 3 is 2.90 bits per heavy atom. The third kappa shape index (κ3) is 0.767. The maximum Gasteiger partial charge on any atom is 0.162 e. The van der Waals surface area contributed by atoms with Gasteiger partial charge in [0.1, 0.15) is 5.01 Å². The van der Waals surface area contributed by atoms with Gasteiger partial charge in [-0.15, -0.1) is 11.3 Å². The smallest absolute Gasteiger partial charge is 0.162 e. The molecule has 0 bridgehead atoms. The molecule has 54 valence electrons. The quantitative estimate of drug-likeness (QED) is 0.640. The van der Waals surface area contributed by atoms with Crippen LogP contribution in [0.5, 0.6) is 0 Å². The minimum atomic E-state index is -0.770. The Hall–Kier alpha value is -0.450. The van der Waals surface area contributed by atoms with Crippen molar-refractivity contribution in [3.63, 3.8) is 0 Å². The molecule has 2 rings (SSSR count). The molecule has 0 aromatic carbocycles. The van der Waals surface area contributed by atoms with E-state index in [4.69, 9.17) is 4.74 Å². The van der Waals surface area contributed by atoms with Gasteiger partial charge in [-0.25, -0.2) is 4.98 Å². The van der Waals surface area contributed by atoms with Crippen molar-refractivity contribution in [1.29, 1.82) is 0 Å². The highest BCUT2D eigenvalue weighted by atomic mass is 32.1. The Bertz CT molecular complexity index is 218. The van der Waals surface area contributed by atoms with Gasteiger partial charge in [0.25, 0.3) is 0 Å². The van der Waals surface area contributed by atoms with Gasteiger partial charge in [-0.2, -0.15) is 0 Å². The Kier molecular flexibility index (Phi) is 1.26. The van der Waals surface area contributed by atoms with E-state index in [1.54, 1.807) is 6.20 Å². The van der Waals surface area contributed by atoms with Crippen LogP contribution in [0.1, 0.15) is 5.01 Å².